The third-order valence-corrected chi connectivity index (χ3v) is 3.39. The van der Waals surface area contributed by atoms with Crippen molar-refractivity contribution in [2.75, 3.05) is 27.3 Å². The molecular weight excluding hydrogens is 264 g/mol. The van der Waals surface area contributed by atoms with Crippen LogP contribution in [-0.2, 0) is 22.5 Å². The van der Waals surface area contributed by atoms with Gasteiger partial charge in [-0.1, -0.05) is 0 Å². The van der Waals surface area contributed by atoms with E-state index in [0.717, 1.165) is 5.69 Å². The molecule has 0 spiro atoms. The average Bonchev–Trinajstić information content (AvgIpc) is 2.89. The quantitative estimate of drug-likeness (QED) is 0.804. The van der Waals surface area contributed by atoms with Crippen LogP contribution < -0.4 is 0 Å². The monoisotopic (exact) mass is 282 g/mol. The molecule has 1 aromatic rings. The fourth-order valence-electron chi connectivity index (χ4n) is 2.20. The van der Waals surface area contributed by atoms with E-state index < -0.39 is 12.0 Å². The van der Waals surface area contributed by atoms with Gasteiger partial charge in [0.2, 0.25) is 0 Å². The van der Waals surface area contributed by atoms with Gasteiger partial charge in [-0.15, -0.1) is 0 Å². The van der Waals surface area contributed by atoms with Crippen molar-refractivity contribution < 1.29 is 19.4 Å². The summed E-state index contributed by atoms with van der Waals surface area (Å²) >= 11 is 0. The molecule has 0 saturated heterocycles. The number of carbonyl (C=O) groups excluding carboxylic acids is 1. The molecule has 2 heterocycles. The standard InChI is InChI=1S/C12H18N4O4/c1-15(3-4-20-2)12(19)16-6-9-8(13-7-14-9)5-10(16)11(17)18/h7,10H,3-6H2,1-2H3,(H,13,14)(H,17,18). The van der Waals surface area contributed by atoms with Gasteiger partial charge in [0.15, 0.2) is 0 Å². The van der Waals surface area contributed by atoms with Crippen molar-refractivity contribution in [2.45, 2.75) is 19.0 Å². The summed E-state index contributed by atoms with van der Waals surface area (Å²) in [6.07, 6.45) is 1.74. The van der Waals surface area contributed by atoms with Gasteiger partial charge in [-0.25, -0.2) is 14.6 Å². The summed E-state index contributed by atoms with van der Waals surface area (Å²) in [5.74, 6) is -1.02. The second-order valence-electron chi connectivity index (χ2n) is 4.71. The summed E-state index contributed by atoms with van der Waals surface area (Å²) in [6, 6.07) is -1.21. The van der Waals surface area contributed by atoms with Crippen LogP contribution >= 0.6 is 0 Å². The number of rotatable bonds is 4. The van der Waals surface area contributed by atoms with Crippen molar-refractivity contribution in [3.8, 4) is 0 Å². The van der Waals surface area contributed by atoms with Crippen molar-refractivity contribution in [3.05, 3.63) is 17.7 Å². The number of hydrogen-bond acceptors (Lipinski definition) is 4. The van der Waals surface area contributed by atoms with E-state index in [-0.39, 0.29) is 19.0 Å². The van der Waals surface area contributed by atoms with Crippen LogP contribution in [0.25, 0.3) is 0 Å². The van der Waals surface area contributed by atoms with Crippen molar-refractivity contribution in [1.82, 2.24) is 19.8 Å². The summed E-state index contributed by atoms with van der Waals surface area (Å²) in [6.45, 7) is 1.04. The fraction of sp³-hybridized carbons (Fsp3) is 0.583. The largest absolute Gasteiger partial charge is 0.480 e. The molecule has 2 N–H and O–H groups in total. The molecule has 2 amide bonds. The predicted molar refractivity (Wildman–Crippen MR) is 69.2 cm³/mol. The third-order valence-electron chi connectivity index (χ3n) is 3.39. The number of nitrogens with zero attached hydrogens (tertiary/aromatic N) is 3. The number of fused-ring (bicyclic) bond motifs is 1. The van der Waals surface area contributed by atoms with Crippen LogP contribution in [0.2, 0.25) is 0 Å². The second kappa shape index (κ2) is 5.91. The maximum absolute atomic E-state index is 12.3. The molecule has 20 heavy (non-hydrogen) atoms. The number of likely N-dealkylation sites (N-methyl/N-ethyl adjacent to an activating group) is 1. The van der Waals surface area contributed by atoms with Crippen LogP contribution in [0.3, 0.4) is 0 Å². The van der Waals surface area contributed by atoms with E-state index >= 15 is 0 Å². The number of carbonyl (C=O) groups is 2. The third kappa shape index (κ3) is 2.74. The molecule has 0 radical (unpaired) electrons. The summed E-state index contributed by atoms with van der Waals surface area (Å²) in [5.41, 5.74) is 1.50. The average molecular weight is 282 g/mol. The summed E-state index contributed by atoms with van der Waals surface area (Å²) < 4.78 is 4.92. The van der Waals surface area contributed by atoms with Gasteiger partial charge in [0.1, 0.15) is 6.04 Å². The number of ether oxygens (including phenoxy) is 1. The number of urea groups is 1. The molecule has 0 aliphatic carbocycles. The molecule has 2 rings (SSSR count). The first-order valence-electron chi connectivity index (χ1n) is 6.29. The minimum absolute atomic E-state index is 0.220. The zero-order chi connectivity index (χ0) is 14.7. The van der Waals surface area contributed by atoms with E-state index in [0.29, 0.717) is 18.8 Å². The van der Waals surface area contributed by atoms with E-state index in [9.17, 15) is 14.7 Å². The highest BCUT2D eigenvalue weighted by atomic mass is 16.5. The lowest BCUT2D eigenvalue weighted by atomic mass is 10.0. The van der Waals surface area contributed by atoms with E-state index in [1.54, 1.807) is 14.2 Å². The minimum atomic E-state index is -1.02. The van der Waals surface area contributed by atoms with E-state index in [2.05, 4.69) is 9.97 Å². The predicted octanol–water partition coefficient (Wildman–Crippen LogP) is -0.0808. The Morgan fingerprint density at radius 3 is 3.05 bits per heavy atom. The van der Waals surface area contributed by atoms with Gasteiger partial charge in [-0.2, -0.15) is 0 Å². The van der Waals surface area contributed by atoms with Crippen LogP contribution in [0.15, 0.2) is 6.33 Å². The molecule has 1 aromatic heterocycles. The number of aromatic amines is 1. The number of aliphatic carboxylic acids is 1. The molecule has 1 aliphatic rings. The Kier molecular flexibility index (Phi) is 4.23. The lowest BCUT2D eigenvalue weighted by molar-refractivity contribution is -0.142. The Balaban J connectivity index is 2.15. The molecule has 1 unspecified atom stereocenters. The smallest absolute Gasteiger partial charge is 0.326 e. The Bertz CT molecular complexity index is 501. The van der Waals surface area contributed by atoms with Gasteiger partial charge in [-0.3, -0.25) is 0 Å². The zero-order valence-electron chi connectivity index (χ0n) is 11.5. The van der Waals surface area contributed by atoms with Gasteiger partial charge in [0.25, 0.3) is 0 Å². The van der Waals surface area contributed by atoms with Crippen molar-refractivity contribution in [2.24, 2.45) is 0 Å². The van der Waals surface area contributed by atoms with E-state index in [4.69, 9.17) is 4.74 Å². The first-order chi connectivity index (χ1) is 9.54. The molecule has 110 valence electrons. The maximum atomic E-state index is 12.3. The molecular formula is C12H18N4O4. The van der Waals surface area contributed by atoms with Crippen molar-refractivity contribution >= 4 is 12.0 Å². The molecule has 8 nitrogen and oxygen atoms in total. The first kappa shape index (κ1) is 14.3. The normalized spacial score (nSPS) is 17.7. The Morgan fingerprint density at radius 1 is 1.65 bits per heavy atom. The second-order valence-corrected chi connectivity index (χ2v) is 4.71. The minimum Gasteiger partial charge on any atom is -0.480 e. The SMILES string of the molecule is COCCN(C)C(=O)N1Cc2[nH]cnc2CC1C(=O)O. The summed E-state index contributed by atoms with van der Waals surface area (Å²) in [5, 5.41) is 9.30. The van der Waals surface area contributed by atoms with Gasteiger partial charge in [0, 0.05) is 27.1 Å². The highest BCUT2D eigenvalue weighted by molar-refractivity contribution is 5.83. The fourth-order valence-corrected chi connectivity index (χ4v) is 2.20. The summed E-state index contributed by atoms with van der Waals surface area (Å²) in [7, 11) is 3.18. The van der Waals surface area contributed by atoms with E-state index in [1.807, 2.05) is 0 Å². The lowest BCUT2D eigenvalue weighted by Crippen LogP contribution is -2.53. The van der Waals surface area contributed by atoms with Crippen LogP contribution in [0.4, 0.5) is 4.79 Å². The summed E-state index contributed by atoms with van der Waals surface area (Å²) in [4.78, 5) is 33.5. The van der Waals surface area contributed by atoms with Gasteiger partial charge >= 0.3 is 12.0 Å². The topological polar surface area (TPSA) is 98.8 Å². The van der Waals surface area contributed by atoms with Crippen molar-refractivity contribution in [1.29, 1.82) is 0 Å². The number of imidazole rings is 1. The number of amides is 2. The Hall–Kier alpha value is -2.09. The van der Waals surface area contributed by atoms with Gasteiger partial charge in [-0.05, 0) is 0 Å². The Morgan fingerprint density at radius 2 is 2.40 bits per heavy atom. The maximum Gasteiger partial charge on any atom is 0.326 e. The van der Waals surface area contributed by atoms with Gasteiger partial charge < -0.3 is 24.6 Å². The van der Waals surface area contributed by atoms with Crippen LogP contribution in [-0.4, -0.2) is 70.2 Å². The Labute approximate surface area is 116 Å². The number of hydrogen-bond donors (Lipinski definition) is 2. The van der Waals surface area contributed by atoms with Gasteiger partial charge in [0.05, 0.1) is 30.9 Å². The number of nitrogens with one attached hydrogen (secondary N) is 1. The molecule has 8 heteroatoms. The highest BCUT2D eigenvalue weighted by Crippen LogP contribution is 2.21. The van der Waals surface area contributed by atoms with E-state index in [1.165, 1.54) is 16.1 Å². The van der Waals surface area contributed by atoms with Crippen molar-refractivity contribution in [3.63, 3.8) is 0 Å². The number of carboxylic acids is 1. The molecule has 0 aromatic carbocycles. The number of carboxylic acid groups (broad SMARTS) is 1. The number of methoxy groups -OCH3 is 1. The number of H-pyrrole nitrogens is 1. The zero-order valence-corrected chi connectivity index (χ0v) is 11.5. The van der Waals surface area contributed by atoms with Crippen LogP contribution in [0, 0.1) is 0 Å². The molecule has 0 saturated carbocycles. The lowest BCUT2D eigenvalue weighted by Gasteiger charge is -2.35. The molecule has 1 atom stereocenters. The van der Waals surface area contributed by atoms with Crippen LogP contribution in [0.1, 0.15) is 11.4 Å². The number of aromatic nitrogens is 2. The molecule has 1 aliphatic heterocycles. The van der Waals surface area contributed by atoms with Crippen LogP contribution in [0.5, 0.6) is 0 Å². The first-order valence-corrected chi connectivity index (χ1v) is 6.29. The molecule has 0 bridgehead atoms. The highest BCUT2D eigenvalue weighted by Gasteiger charge is 2.37. The molecule has 0 fully saturated rings.